The van der Waals surface area contributed by atoms with Gasteiger partial charge in [-0.1, -0.05) is 19.9 Å². The van der Waals surface area contributed by atoms with Crippen LogP contribution in [0.25, 0.3) is 0 Å². The van der Waals surface area contributed by atoms with Gasteiger partial charge in [-0.05, 0) is 54.4 Å². The van der Waals surface area contributed by atoms with Crippen molar-refractivity contribution in [3.63, 3.8) is 0 Å². The zero-order valence-electron chi connectivity index (χ0n) is 20.9. The summed E-state index contributed by atoms with van der Waals surface area (Å²) in [7, 11) is 1.28. The topological polar surface area (TPSA) is 109 Å². The first kappa shape index (κ1) is 25.2. The van der Waals surface area contributed by atoms with Crippen molar-refractivity contribution < 1.29 is 42.2 Å². The minimum absolute atomic E-state index is 0.0373. The van der Waals surface area contributed by atoms with Crippen molar-refractivity contribution in [3.05, 3.63) is 59.8 Å². The number of halogens is 1. The van der Waals surface area contributed by atoms with Crippen molar-refractivity contribution in [2.45, 2.75) is 51.7 Å². The van der Waals surface area contributed by atoms with Crippen molar-refractivity contribution >= 4 is 23.7 Å². The van der Waals surface area contributed by atoms with Gasteiger partial charge in [0.25, 0.3) is 0 Å². The summed E-state index contributed by atoms with van der Waals surface area (Å²) in [5.74, 6) is -4.81. The normalized spacial score (nSPS) is 35.1. The van der Waals surface area contributed by atoms with Gasteiger partial charge in [0.15, 0.2) is 11.9 Å². The van der Waals surface area contributed by atoms with Crippen molar-refractivity contribution in [3.8, 4) is 0 Å². The van der Waals surface area contributed by atoms with Crippen LogP contribution in [0.4, 0.5) is 4.39 Å². The third kappa shape index (κ3) is 4.04. The molecule has 0 bridgehead atoms. The molecule has 1 aliphatic heterocycles. The van der Waals surface area contributed by atoms with Crippen LogP contribution in [0, 0.1) is 34.4 Å². The molecule has 3 fully saturated rings. The number of ketones is 1. The van der Waals surface area contributed by atoms with Crippen molar-refractivity contribution in [2.75, 3.05) is 7.11 Å². The summed E-state index contributed by atoms with van der Waals surface area (Å²) >= 11 is 0. The van der Waals surface area contributed by atoms with Crippen LogP contribution in [0.15, 0.2) is 47.3 Å². The number of rotatable bonds is 4. The Balaban J connectivity index is 1.54. The second-order valence-corrected chi connectivity index (χ2v) is 10.8. The number of hydrogen-bond donors (Lipinski definition) is 0. The maximum atomic E-state index is 14.1. The molecular weight excluding hydrogens is 483 g/mol. The highest BCUT2D eigenvalue weighted by molar-refractivity contribution is 5.96. The molecule has 3 aliphatic rings. The lowest BCUT2D eigenvalue weighted by Gasteiger charge is -2.61. The highest BCUT2D eigenvalue weighted by atomic mass is 19.1. The summed E-state index contributed by atoms with van der Waals surface area (Å²) < 4.78 is 35.4. The van der Waals surface area contributed by atoms with E-state index in [1.807, 2.05) is 13.8 Å². The molecule has 196 valence electrons. The molecule has 0 amide bonds. The van der Waals surface area contributed by atoms with Gasteiger partial charge in [0.2, 0.25) is 0 Å². The third-order valence-electron chi connectivity index (χ3n) is 8.81. The van der Waals surface area contributed by atoms with Crippen LogP contribution in [0.3, 0.4) is 0 Å². The van der Waals surface area contributed by atoms with Gasteiger partial charge in [0, 0.05) is 17.9 Å². The number of methoxy groups -OCH3 is 1. The maximum Gasteiger partial charge on any atom is 0.338 e. The van der Waals surface area contributed by atoms with E-state index >= 15 is 0 Å². The first-order chi connectivity index (χ1) is 17.6. The molecule has 9 heteroatoms. The molecule has 0 N–H and O–H groups in total. The summed E-state index contributed by atoms with van der Waals surface area (Å²) in [5.41, 5.74) is -1.06. The molecule has 8 nitrogen and oxygen atoms in total. The standard InChI is InChI=1S/C28H29FO8/c1-27-9-7-18-26(33)37-21(16-8-10-35-14-16)13-28(18,2)23(27)22(30)20(12-19(27)25(32)34-3)36-24(31)15-5-4-6-17(29)11-15/h4-6,8,10-11,14,18-21,23H,7,9,12-13H2,1-3H3/t18-,19-,20-,21-,23?,27-,28-/m0/s1. The van der Waals surface area contributed by atoms with E-state index in [2.05, 4.69) is 0 Å². The number of cyclic esters (lactones) is 1. The van der Waals surface area contributed by atoms with E-state index in [9.17, 15) is 23.6 Å². The fourth-order valence-corrected chi connectivity index (χ4v) is 7.08. The predicted molar refractivity (Wildman–Crippen MR) is 125 cm³/mol. The Morgan fingerprint density at radius 3 is 2.59 bits per heavy atom. The van der Waals surface area contributed by atoms with Crippen LogP contribution in [0.2, 0.25) is 0 Å². The lowest BCUT2D eigenvalue weighted by Crippen LogP contribution is -2.64. The van der Waals surface area contributed by atoms with E-state index in [0.717, 1.165) is 6.07 Å². The summed E-state index contributed by atoms with van der Waals surface area (Å²) in [5, 5.41) is 0. The lowest BCUT2D eigenvalue weighted by atomic mass is 9.43. The highest BCUT2D eigenvalue weighted by Gasteiger charge is 2.67. The second kappa shape index (κ2) is 9.11. The van der Waals surface area contributed by atoms with Gasteiger partial charge < -0.3 is 18.6 Å². The molecular formula is C28H29FO8. The predicted octanol–water partition coefficient (Wildman–Crippen LogP) is 4.43. The number of benzene rings is 1. The van der Waals surface area contributed by atoms with Crippen LogP contribution < -0.4 is 0 Å². The summed E-state index contributed by atoms with van der Waals surface area (Å²) in [4.78, 5) is 53.2. The Kier molecular flexibility index (Phi) is 6.20. The smallest absolute Gasteiger partial charge is 0.338 e. The molecule has 1 aromatic heterocycles. The Hall–Kier alpha value is -3.49. The highest BCUT2D eigenvalue weighted by Crippen LogP contribution is 2.65. The summed E-state index contributed by atoms with van der Waals surface area (Å²) in [6, 6.07) is 6.71. The van der Waals surface area contributed by atoms with Crippen LogP contribution >= 0.6 is 0 Å². The zero-order valence-corrected chi connectivity index (χ0v) is 20.9. The molecule has 2 saturated carbocycles. The second-order valence-electron chi connectivity index (χ2n) is 10.8. The Bertz CT molecular complexity index is 1240. The SMILES string of the molecule is COC(=O)[C@@H]1C[C@H](OC(=O)c2cccc(F)c2)C(=O)C2[C@@]1(C)CC[C@H]1C(=O)O[C@H](c3ccoc3)C[C@]21C. The van der Waals surface area contributed by atoms with Crippen LogP contribution in [0.1, 0.15) is 61.6 Å². The Morgan fingerprint density at radius 1 is 1.14 bits per heavy atom. The largest absolute Gasteiger partial charge is 0.472 e. The third-order valence-corrected chi connectivity index (χ3v) is 8.81. The van der Waals surface area contributed by atoms with Crippen LogP contribution in [0.5, 0.6) is 0 Å². The number of hydrogen-bond acceptors (Lipinski definition) is 8. The number of carbonyl (C=O) groups is 4. The molecule has 2 aromatic rings. The molecule has 5 rings (SSSR count). The number of ether oxygens (including phenoxy) is 3. The van der Waals surface area contributed by atoms with Gasteiger partial charge in [-0.25, -0.2) is 9.18 Å². The summed E-state index contributed by atoms with van der Waals surface area (Å²) in [6.45, 7) is 3.77. The van der Waals surface area contributed by atoms with Crippen LogP contribution in [-0.2, 0) is 28.6 Å². The Labute approximate surface area is 213 Å². The van der Waals surface area contributed by atoms with E-state index in [0.29, 0.717) is 24.8 Å². The molecule has 1 saturated heterocycles. The zero-order chi connectivity index (χ0) is 26.5. The number of carbonyl (C=O) groups excluding carboxylic acids is 4. The quantitative estimate of drug-likeness (QED) is 0.437. The fraction of sp³-hybridized carbons (Fsp3) is 0.500. The average molecular weight is 513 g/mol. The van der Waals surface area contributed by atoms with E-state index in [-0.39, 0.29) is 17.8 Å². The molecule has 2 heterocycles. The maximum absolute atomic E-state index is 14.1. The first-order valence-electron chi connectivity index (χ1n) is 12.4. The first-order valence-corrected chi connectivity index (χ1v) is 12.4. The number of fused-ring (bicyclic) bond motifs is 3. The Morgan fingerprint density at radius 2 is 1.92 bits per heavy atom. The molecule has 0 spiro atoms. The molecule has 1 aromatic carbocycles. The lowest BCUT2D eigenvalue weighted by molar-refractivity contribution is -0.208. The van der Waals surface area contributed by atoms with E-state index in [1.165, 1.54) is 37.8 Å². The van der Waals surface area contributed by atoms with Gasteiger partial charge in [0.1, 0.15) is 11.9 Å². The minimum Gasteiger partial charge on any atom is -0.472 e. The van der Waals surface area contributed by atoms with Crippen LogP contribution in [-0.4, -0.2) is 36.9 Å². The number of furan rings is 1. The summed E-state index contributed by atoms with van der Waals surface area (Å²) in [6.07, 6.45) is 2.31. The molecule has 1 unspecified atom stereocenters. The molecule has 0 radical (unpaired) electrons. The van der Waals surface area contributed by atoms with Gasteiger partial charge >= 0.3 is 17.9 Å². The molecule has 2 aliphatic carbocycles. The van der Waals surface area contributed by atoms with Crippen molar-refractivity contribution in [1.29, 1.82) is 0 Å². The van der Waals surface area contributed by atoms with Crippen molar-refractivity contribution in [2.24, 2.45) is 28.6 Å². The van der Waals surface area contributed by atoms with E-state index < -0.39 is 64.5 Å². The van der Waals surface area contributed by atoms with E-state index in [4.69, 9.17) is 18.6 Å². The van der Waals surface area contributed by atoms with Gasteiger partial charge in [-0.3, -0.25) is 14.4 Å². The van der Waals surface area contributed by atoms with E-state index in [1.54, 1.807) is 6.07 Å². The monoisotopic (exact) mass is 512 g/mol. The number of esters is 3. The average Bonchev–Trinajstić information content (AvgIpc) is 3.39. The van der Waals surface area contributed by atoms with Crippen molar-refractivity contribution in [1.82, 2.24) is 0 Å². The fourth-order valence-electron chi connectivity index (χ4n) is 7.08. The van der Waals surface area contributed by atoms with Gasteiger partial charge in [-0.15, -0.1) is 0 Å². The van der Waals surface area contributed by atoms with Gasteiger partial charge in [0.05, 0.1) is 37.0 Å². The van der Waals surface area contributed by atoms with Gasteiger partial charge in [-0.2, -0.15) is 0 Å². The number of Topliss-reactive ketones (excluding diaryl/α,β-unsaturated/α-hetero) is 1. The molecule has 37 heavy (non-hydrogen) atoms. The minimum atomic E-state index is -1.25. The molecule has 7 atom stereocenters.